The lowest BCUT2D eigenvalue weighted by atomic mass is 10.00. The molecule has 0 radical (unpaired) electrons. The molecule has 2 rings (SSSR count). The highest BCUT2D eigenvalue weighted by Crippen LogP contribution is 2.27. The smallest absolute Gasteiger partial charge is 0.132 e. The first-order valence-corrected chi connectivity index (χ1v) is 5.70. The summed E-state index contributed by atoms with van der Waals surface area (Å²) in [6, 6.07) is 6.42. The number of nitrogens with one attached hydrogen (secondary N) is 1. The van der Waals surface area contributed by atoms with Gasteiger partial charge in [-0.2, -0.15) is 0 Å². The van der Waals surface area contributed by atoms with E-state index < -0.39 is 0 Å². The Hall–Kier alpha value is -1.90. The van der Waals surface area contributed by atoms with Crippen molar-refractivity contribution in [3.63, 3.8) is 0 Å². The Labute approximate surface area is 102 Å². The third kappa shape index (κ3) is 2.13. The molecule has 3 heteroatoms. The van der Waals surface area contributed by atoms with Gasteiger partial charge in [-0.3, -0.25) is 0 Å². The fraction of sp³-hybridized carbons (Fsp3) is 0.286. The highest BCUT2D eigenvalue weighted by Gasteiger charge is 2.10. The maximum absolute atomic E-state index is 4.41. The summed E-state index contributed by atoms with van der Waals surface area (Å²) >= 11 is 0. The molecule has 0 bridgehead atoms. The third-order valence-corrected chi connectivity index (χ3v) is 2.97. The summed E-state index contributed by atoms with van der Waals surface area (Å²) < 4.78 is 0. The zero-order chi connectivity index (χ0) is 12.4. The van der Waals surface area contributed by atoms with E-state index in [4.69, 9.17) is 0 Å². The second kappa shape index (κ2) is 4.53. The van der Waals surface area contributed by atoms with Crippen LogP contribution in [0.4, 0.5) is 5.82 Å². The van der Waals surface area contributed by atoms with Gasteiger partial charge in [-0.15, -0.1) is 0 Å². The first kappa shape index (κ1) is 11.6. The molecule has 0 spiro atoms. The summed E-state index contributed by atoms with van der Waals surface area (Å²) in [5, 5.41) is 3.09. The molecular weight excluding hydrogens is 210 g/mol. The predicted molar refractivity (Wildman–Crippen MR) is 71.2 cm³/mol. The molecule has 17 heavy (non-hydrogen) atoms. The Morgan fingerprint density at radius 2 is 1.82 bits per heavy atom. The highest BCUT2D eigenvalue weighted by molar-refractivity contribution is 5.70. The molecule has 0 aliphatic carbocycles. The number of anilines is 1. The molecule has 1 N–H and O–H groups in total. The fourth-order valence-corrected chi connectivity index (χ4v) is 1.96. The number of aryl methyl sites for hydroxylation is 2. The van der Waals surface area contributed by atoms with E-state index in [1.807, 2.05) is 14.0 Å². The van der Waals surface area contributed by atoms with Gasteiger partial charge in [0.15, 0.2) is 0 Å². The summed E-state index contributed by atoms with van der Waals surface area (Å²) in [7, 11) is 1.88. The van der Waals surface area contributed by atoms with Gasteiger partial charge in [0.05, 0.1) is 5.69 Å². The molecule has 0 aliphatic rings. The zero-order valence-corrected chi connectivity index (χ0v) is 10.7. The van der Waals surface area contributed by atoms with Crippen LogP contribution in [0.15, 0.2) is 24.5 Å². The molecule has 0 aliphatic heterocycles. The summed E-state index contributed by atoms with van der Waals surface area (Å²) in [6.07, 6.45) is 1.61. The second-order valence-electron chi connectivity index (χ2n) is 4.26. The van der Waals surface area contributed by atoms with Gasteiger partial charge in [0.25, 0.3) is 0 Å². The van der Waals surface area contributed by atoms with E-state index >= 15 is 0 Å². The number of aromatic nitrogens is 2. The normalized spacial score (nSPS) is 10.4. The van der Waals surface area contributed by atoms with Crippen LogP contribution in [0, 0.1) is 20.8 Å². The van der Waals surface area contributed by atoms with E-state index in [1.54, 1.807) is 6.33 Å². The van der Waals surface area contributed by atoms with Crippen molar-refractivity contribution in [2.75, 3.05) is 12.4 Å². The lowest BCUT2D eigenvalue weighted by Crippen LogP contribution is -2.00. The molecule has 0 amide bonds. The summed E-state index contributed by atoms with van der Waals surface area (Å²) in [5.41, 5.74) is 5.75. The third-order valence-electron chi connectivity index (χ3n) is 2.97. The molecule has 1 aromatic heterocycles. The molecule has 0 atom stereocenters. The predicted octanol–water partition coefficient (Wildman–Crippen LogP) is 3.11. The van der Waals surface area contributed by atoms with Gasteiger partial charge in [-0.05, 0) is 32.4 Å². The van der Waals surface area contributed by atoms with Crippen molar-refractivity contribution < 1.29 is 0 Å². The van der Waals surface area contributed by atoms with Crippen LogP contribution in [0.25, 0.3) is 11.3 Å². The summed E-state index contributed by atoms with van der Waals surface area (Å²) in [6.45, 7) is 6.25. The van der Waals surface area contributed by atoms with Gasteiger partial charge >= 0.3 is 0 Å². The van der Waals surface area contributed by atoms with Crippen LogP contribution in [0.1, 0.15) is 16.7 Å². The van der Waals surface area contributed by atoms with Crippen LogP contribution in [0.2, 0.25) is 0 Å². The Kier molecular flexibility index (Phi) is 3.09. The molecule has 0 unspecified atom stereocenters. The van der Waals surface area contributed by atoms with E-state index in [0.29, 0.717) is 0 Å². The van der Waals surface area contributed by atoms with Gasteiger partial charge in [0.2, 0.25) is 0 Å². The first-order chi connectivity index (χ1) is 8.13. The van der Waals surface area contributed by atoms with Gasteiger partial charge < -0.3 is 5.32 Å². The quantitative estimate of drug-likeness (QED) is 0.856. The molecule has 1 aromatic carbocycles. The molecule has 88 valence electrons. The molecule has 1 heterocycles. The van der Waals surface area contributed by atoms with Gasteiger partial charge in [0, 0.05) is 18.2 Å². The minimum Gasteiger partial charge on any atom is -0.373 e. The molecular formula is C14H17N3. The molecule has 0 saturated carbocycles. The monoisotopic (exact) mass is 227 g/mol. The largest absolute Gasteiger partial charge is 0.373 e. The maximum Gasteiger partial charge on any atom is 0.132 e. The van der Waals surface area contributed by atoms with Crippen molar-refractivity contribution in [3.05, 3.63) is 41.2 Å². The molecule has 0 fully saturated rings. The van der Waals surface area contributed by atoms with Gasteiger partial charge in [-0.25, -0.2) is 9.97 Å². The second-order valence-corrected chi connectivity index (χ2v) is 4.26. The Morgan fingerprint density at radius 3 is 2.53 bits per heavy atom. The average Bonchev–Trinajstić information content (AvgIpc) is 2.33. The van der Waals surface area contributed by atoms with Crippen molar-refractivity contribution in [3.8, 4) is 11.3 Å². The topological polar surface area (TPSA) is 37.8 Å². The van der Waals surface area contributed by atoms with Crippen molar-refractivity contribution in [2.24, 2.45) is 0 Å². The van der Waals surface area contributed by atoms with Gasteiger partial charge in [-0.1, -0.05) is 17.7 Å². The van der Waals surface area contributed by atoms with Crippen LogP contribution in [-0.2, 0) is 0 Å². The lowest BCUT2D eigenvalue weighted by Gasteiger charge is -2.11. The molecule has 0 saturated heterocycles. The van der Waals surface area contributed by atoms with E-state index in [0.717, 1.165) is 17.1 Å². The summed E-state index contributed by atoms with van der Waals surface area (Å²) in [4.78, 5) is 8.62. The number of nitrogens with zero attached hydrogens (tertiary/aromatic N) is 2. The van der Waals surface area contributed by atoms with Crippen molar-refractivity contribution in [2.45, 2.75) is 20.8 Å². The first-order valence-electron chi connectivity index (χ1n) is 5.70. The van der Waals surface area contributed by atoms with Crippen LogP contribution >= 0.6 is 0 Å². The van der Waals surface area contributed by atoms with Crippen LogP contribution in [0.5, 0.6) is 0 Å². The molecule has 2 aromatic rings. The maximum atomic E-state index is 4.41. The fourth-order valence-electron chi connectivity index (χ4n) is 1.96. The number of hydrogen-bond acceptors (Lipinski definition) is 3. The van der Waals surface area contributed by atoms with E-state index in [-0.39, 0.29) is 0 Å². The van der Waals surface area contributed by atoms with Crippen LogP contribution in [0.3, 0.4) is 0 Å². The van der Waals surface area contributed by atoms with E-state index in [2.05, 4.69) is 47.3 Å². The number of rotatable bonds is 2. The minimum absolute atomic E-state index is 0.885. The van der Waals surface area contributed by atoms with E-state index in [1.165, 1.54) is 16.7 Å². The molecule has 3 nitrogen and oxygen atoms in total. The number of hydrogen-bond donors (Lipinski definition) is 1. The van der Waals surface area contributed by atoms with Crippen molar-refractivity contribution in [1.82, 2.24) is 9.97 Å². The van der Waals surface area contributed by atoms with Crippen LogP contribution in [-0.4, -0.2) is 17.0 Å². The standard InChI is InChI=1S/C14H17N3/c1-9-5-6-10(2)12(7-9)13-11(3)14(15-4)17-8-16-13/h5-8H,1-4H3,(H,15,16,17). The van der Waals surface area contributed by atoms with E-state index in [9.17, 15) is 0 Å². The van der Waals surface area contributed by atoms with Crippen LogP contribution < -0.4 is 5.32 Å². The lowest BCUT2D eigenvalue weighted by molar-refractivity contribution is 1.12. The Morgan fingerprint density at radius 1 is 1.06 bits per heavy atom. The number of benzene rings is 1. The van der Waals surface area contributed by atoms with Crippen molar-refractivity contribution in [1.29, 1.82) is 0 Å². The Bertz CT molecular complexity index is 547. The average molecular weight is 227 g/mol. The van der Waals surface area contributed by atoms with Crippen molar-refractivity contribution >= 4 is 5.82 Å². The summed E-state index contributed by atoms with van der Waals surface area (Å²) in [5.74, 6) is 0.885. The Balaban J connectivity index is 2.64. The highest BCUT2D eigenvalue weighted by atomic mass is 15.0. The zero-order valence-electron chi connectivity index (χ0n) is 10.7. The minimum atomic E-state index is 0.885. The SMILES string of the molecule is CNc1ncnc(-c2cc(C)ccc2C)c1C. The van der Waals surface area contributed by atoms with Gasteiger partial charge in [0.1, 0.15) is 12.1 Å².